The smallest absolute Gasteiger partial charge is 0.261 e. The van der Waals surface area contributed by atoms with Crippen LogP contribution in [0.5, 0.6) is 0 Å². The molecule has 0 unspecified atom stereocenters. The molecule has 0 heterocycles. The minimum atomic E-state index is -0.608. The average Bonchev–Trinajstić information content (AvgIpc) is 2.56. The van der Waals surface area contributed by atoms with Gasteiger partial charge in [0.25, 0.3) is 5.91 Å². The van der Waals surface area contributed by atoms with Gasteiger partial charge in [-0.3, -0.25) is 10.0 Å². The monoisotopic (exact) mass is 301 g/mol. The first kappa shape index (κ1) is 17.8. The molecule has 0 aromatic heterocycles. The van der Waals surface area contributed by atoms with Crippen molar-refractivity contribution in [3.05, 3.63) is 60.2 Å². The van der Waals surface area contributed by atoms with Crippen molar-refractivity contribution < 1.29 is 10.0 Å². The first-order chi connectivity index (χ1) is 10.2. The van der Waals surface area contributed by atoms with Gasteiger partial charge < -0.3 is 11.1 Å². The fourth-order valence-corrected chi connectivity index (χ4v) is 2.05. The van der Waals surface area contributed by atoms with Crippen molar-refractivity contribution in [3.63, 3.8) is 0 Å². The molecule has 0 saturated heterocycles. The van der Waals surface area contributed by atoms with E-state index in [4.69, 9.17) is 10.9 Å². The Kier molecular flexibility index (Phi) is 7.25. The quantitative estimate of drug-likeness (QED) is 0.485. The fraction of sp³-hybridized carbons (Fsp3) is 0.235. The topological polar surface area (TPSA) is 87.4 Å². The van der Waals surface area contributed by atoms with Gasteiger partial charge in [0.15, 0.2) is 0 Å². The number of hydrogen-bond donors (Lipinski definition) is 4. The van der Waals surface area contributed by atoms with Crippen molar-refractivity contribution in [2.45, 2.75) is 20.0 Å². The Morgan fingerprint density at radius 1 is 1.05 bits per heavy atom. The molecule has 2 aromatic carbocycles. The number of amides is 1. The molecule has 2 aromatic rings. The van der Waals surface area contributed by atoms with Crippen LogP contribution in [0.4, 0.5) is 0 Å². The second-order valence-corrected chi connectivity index (χ2v) is 4.71. The van der Waals surface area contributed by atoms with Gasteiger partial charge >= 0.3 is 0 Å². The number of nitrogens with two attached hydrogens (primary N) is 1. The largest absolute Gasteiger partial charge is 0.328 e. The highest BCUT2D eigenvalue weighted by Crippen LogP contribution is 2.19. The Morgan fingerprint density at radius 3 is 2.18 bits per heavy atom. The predicted molar refractivity (Wildman–Crippen MR) is 88.2 cm³/mol. The number of carbonyl (C=O) groups excluding carboxylic acids is 1. The van der Waals surface area contributed by atoms with E-state index in [-0.39, 0.29) is 14.0 Å². The Labute approximate surface area is 131 Å². The van der Waals surface area contributed by atoms with Gasteiger partial charge in [-0.05, 0) is 16.7 Å². The molecule has 0 bridgehead atoms. The molecular formula is C17H23N3O2. The van der Waals surface area contributed by atoms with Crippen molar-refractivity contribution in [2.24, 2.45) is 5.73 Å². The van der Waals surface area contributed by atoms with Gasteiger partial charge in [-0.2, -0.15) is 0 Å². The van der Waals surface area contributed by atoms with E-state index in [2.05, 4.69) is 17.4 Å². The highest BCUT2D eigenvalue weighted by Gasteiger charge is 2.14. The van der Waals surface area contributed by atoms with Crippen LogP contribution in [0, 0.1) is 0 Å². The SMILES string of the molecule is C.NC[C@H](NCc1ccc(-c2ccccc2)cc1)C(=O)NO. The summed E-state index contributed by atoms with van der Waals surface area (Å²) in [6.45, 7) is 0.624. The minimum absolute atomic E-state index is 0. The second kappa shape index (κ2) is 8.94. The molecule has 5 heteroatoms. The van der Waals surface area contributed by atoms with Crippen LogP contribution in [0.3, 0.4) is 0 Å². The van der Waals surface area contributed by atoms with Gasteiger partial charge in [0.2, 0.25) is 0 Å². The summed E-state index contributed by atoms with van der Waals surface area (Å²) in [4.78, 5) is 11.3. The zero-order valence-electron chi connectivity index (χ0n) is 11.6. The summed E-state index contributed by atoms with van der Waals surface area (Å²) >= 11 is 0. The third-order valence-electron chi connectivity index (χ3n) is 3.28. The van der Waals surface area contributed by atoms with Crippen LogP contribution in [0.2, 0.25) is 0 Å². The summed E-state index contributed by atoms with van der Waals surface area (Å²) in [5, 5.41) is 11.6. The summed E-state index contributed by atoms with van der Waals surface area (Å²) < 4.78 is 0. The summed E-state index contributed by atoms with van der Waals surface area (Å²) in [5.74, 6) is -0.529. The lowest BCUT2D eigenvalue weighted by Gasteiger charge is -2.14. The average molecular weight is 301 g/mol. The third-order valence-corrected chi connectivity index (χ3v) is 3.28. The van der Waals surface area contributed by atoms with Crippen LogP contribution in [0.25, 0.3) is 11.1 Å². The molecular weight excluding hydrogens is 278 g/mol. The van der Waals surface area contributed by atoms with Crippen LogP contribution in [-0.2, 0) is 11.3 Å². The third kappa shape index (κ3) is 4.66. The van der Waals surface area contributed by atoms with Crippen LogP contribution >= 0.6 is 0 Å². The Balaban J connectivity index is 0.00000242. The number of hydrogen-bond acceptors (Lipinski definition) is 4. The van der Waals surface area contributed by atoms with E-state index in [0.29, 0.717) is 6.54 Å². The Hall–Kier alpha value is -2.21. The molecule has 5 N–H and O–H groups in total. The highest BCUT2D eigenvalue weighted by molar-refractivity contribution is 5.80. The Morgan fingerprint density at radius 2 is 1.64 bits per heavy atom. The molecule has 0 aliphatic rings. The summed E-state index contributed by atoms with van der Waals surface area (Å²) in [6, 6.07) is 17.6. The molecule has 0 saturated carbocycles. The molecule has 1 atom stereocenters. The van der Waals surface area contributed by atoms with E-state index >= 15 is 0 Å². The maximum absolute atomic E-state index is 11.3. The molecule has 0 aliphatic carbocycles. The fourth-order valence-electron chi connectivity index (χ4n) is 2.05. The highest BCUT2D eigenvalue weighted by atomic mass is 16.5. The van der Waals surface area contributed by atoms with Crippen molar-refractivity contribution in [1.82, 2.24) is 10.8 Å². The lowest BCUT2D eigenvalue weighted by atomic mass is 10.0. The first-order valence-corrected chi connectivity index (χ1v) is 6.76. The van der Waals surface area contributed by atoms with E-state index in [0.717, 1.165) is 16.7 Å². The first-order valence-electron chi connectivity index (χ1n) is 6.76. The lowest BCUT2D eigenvalue weighted by molar-refractivity contribution is -0.131. The van der Waals surface area contributed by atoms with E-state index in [9.17, 15) is 4.79 Å². The van der Waals surface area contributed by atoms with Crippen LogP contribution < -0.4 is 16.5 Å². The van der Waals surface area contributed by atoms with E-state index in [1.54, 1.807) is 5.48 Å². The summed E-state index contributed by atoms with van der Waals surface area (Å²) in [5.41, 5.74) is 10.4. The number of carbonyl (C=O) groups is 1. The van der Waals surface area contributed by atoms with Gasteiger partial charge in [0, 0.05) is 13.1 Å². The van der Waals surface area contributed by atoms with Crippen molar-refractivity contribution in [3.8, 4) is 11.1 Å². The maximum Gasteiger partial charge on any atom is 0.261 e. The zero-order chi connectivity index (χ0) is 15.1. The number of rotatable bonds is 6. The second-order valence-electron chi connectivity index (χ2n) is 4.71. The van der Waals surface area contributed by atoms with Crippen molar-refractivity contribution in [1.29, 1.82) is 0 Å². The van der Waals surface area contributed by atoms with Gasteiger partial charge in [-0.25, -0.2) is 5.48 Å². The molecule has 118 valence electrons. The molecule has 0 radical (unpaired) electrons. The molecule has 22 heavy (non-hydrogen) atoms. The van der Waals surface area contributed by atoms with Gasteiger partial charge in [-0.1, -0.05) is 62.0 Å². The number of nitrogens with one attached hydrogen (secondary N) is 2. The maximum atomic E-state index is 11.3. The van der Waals surface area contributed by atoms with Gasteiger partial charge in [0.05, 0.1) is 0 Å². The molecule has 0 spiro atoms. The van der Waals surface area contributed by atoms with Gasteiger partial charge in [0.1, 0.15) is 6.04 Å². The summed E-state index contributed by atoms with van der Waals surface area (Å²) in [7, 11) is 0. The lowest BCUT2D eigenvalue weighted by Crippen LogP contribution is -2.47. The van der Waals surface area contributed by atoms with E-state index < -0.39 is 11.9 Å². The summed E-state index contributed by atoms with van der Waals surface area (Å²) in [6.07, 6.45) is 0. The molecule has 5 nitrogen and oxygen atoms in total. The van der Waals surface area contributed by atoms with E-state index in [1.807, 2.05) is 42.5 Å². The van der Waals surface area contributed by atoms with Crippen LogP contribution in [0.1, 0.15) is 13.0 Å². The Bertz CT molecular complexity index is 570. The molecule has 0 fully saturated rings. The van der Waals surface area contributed by atoms with Gasteiger partial charge in [-0.15, -0.1) is 0 Å². The van der Waals surface area contributed by atoms with Crippen LogP contribution in [-0.4, -0.2) is 23.7 Å². The normalized spacial score (nSPS) is 11.4. The van der Waals surface area contributed by atoms with Crippen molar-refractivity contribution in [2.75, 3.05) is 6.54 Å². The predicted octanol–water partition coefficient (Wildman–Crippen LogP) is 1.91. The van der Waals surface area contributed by atoms with E-state index in [1.165, 1.54) is 0 Å². The minimum Gasteiger partial charge on any atom is -0.328 e. The molecule has 0 aliphatic heterocycles. The number of hydroxylamine groups is 1. The van der Waals surface area contributed by atoms with Crippen molar-refractivity contribution >= 4 is 5.91 Å². The van der Waals surface area contributed by atoms with Crippen LogP contribution in [0.15, 0.2) is 54.6 Å². The zero-order valence-corrected chi connectivity index (χ0v) is 11.6. The molecule has 2 rings (SSSR count). The standard InChI is InChI=1S/C16H19N3O2.CH4/c17-10-15(16(20)19-21)18-11-12-6-8-14(9-7-12)13-4-2-1-3-5-13;/h1-9,15,18,21H,10-11,17H2,(H,19,20);1H4/t15-;/m0./s1. The molecule has 1 amide bonds. The number of benzene rings is 2.